The molecule has 1 saturated heterocycles. The van der Waals surface area contributed by atoms with Crippen molar-refractivity contribution in [1.82, 2.24) is 19.7 Å². The van der Waals surface area contributed by atoms with Crippen LogP contribution in [0.1, 0.15) is 18.9 Å². The van der Waals surface area contributed by atoms with Gasteiger partial charge in [0.15, 0.2) is 0 Å². The van der Waals surface area contributed by atoms with Gasteiger partial charge < -0.3 is 4.90 Å². The fraction of sp³-hybridized carbons (Fsp3) is 0.417. The Hall–Kier alpha value is -1.91. The Morgan fingerprint density at radius 1 is 1.18 bits per heavy atom. The third-order valence-corrected chi connectivity index (χ3v) is 3.25. The van der Waals surface area contributed by atoms with Crippen molar-refractivity contribution >= 4 is 5.82 Å². The maximum atomic E-state index is 4.38. The number of hydrogen-bond donors (Lipinski definition) is 0. The number of hydrogen-bond acceptors (Lipinski definition) is 4. The molecule has 0 amide bonds. The summed E-state index contributed by atoms with van der Waals surface area (Å²) >= 11 is 0. The summed E-state index contributed by atoms with van der Waals surface area (Å²) in [4.78, 5) is 10.7. The molecule has 5 nitrogen and oxygen atoms in total. The van der Waals surface area contributed by atoms with Crippen LogP contribution in [0.25, 0.3) is 0 Å². The molecular formula is C12H15N5. The van der Waals surface area contributed by atoms with Crippen molar-refractivity contribution in [2.75, 3.05) is 18.0 Å². The molecule has 88 valence electrons. The maximum Gasteiger partial charge on any atom is 0.137 e. The molecule has 0 N–H and O–H groups in total. The van der Waals surface area contributed by atoms with Gasteiger partial charge in [-0.15, -0.1) is 0 Å². The standard InChI is InChI=1S/C12H15N5/c1-2-6-14-12(3-1)16-7-4-11(5-8-16)17-10-13-9-15-17/h1-3,6,9-11H,4-5,7-8H2. The van der Waals surface area contributed by atoms with Crippen LogP contribution in [0, 0.1) is 0 Å². The van der Waals surface area contributed by atoms with Gasteiger partial charge in [0, 0.05) is 19.3 Å². The van der Waals surface area contributed by atoms with Gasteiger partial charge in [0.25, 0.3) is 0 Å². The molecule has 0 aromatic carbocycles. The lowest BCUT2D eigenvalue weighted by molar-refractivity contribution is 0.365. The Kier molecular flexibility index (Phi) is 2.73. The SMILES string of the molecule is c1ccc(N2CCC(n3cncn3)CC2)nc1. The fourth-order valence-corrected chi connectivity index (χ4v) is 2.31. The van der Waals surface area contributed by atoms with E-state index in [0.717, 1.165) is 31.7 Å². The Morgan fingerprint density at radius 3 is 2.71 bits per heavy atom. The Balaban J connectivity index is 1.65. The van der Waals surface area contributed by atoms with Crippen molar-refractivity contribution in [2.24, 2.45) is 0 Å². The van der Waals surface area contributed by atoms with E-state index in [0.29, 0.717) is 6.04 Å². The predicted octanol–water partition coefficient (Wildman–Crippen LogP) is 1.51. The second-order valence-corrected chi connectivity index (χ2v) is 4.28. The molecule has 0 aliphatic carbocycles. The van der Waals surface area contributed by atoms with E-state index in [4.69, 9.17) is 0 Å². The van der Waals surface area contributed by atoms with Gasteiger partial charge >= 0.3 is 0 Å². The second kappa shape index (κ2) is 4.53. The minimum atomic E-state index is 0.484. The zero-order valence-electron chi connectivity index (χ0n) is 9.61. The van der Waals surface area contributed by atoms with Crippen molar-refractivity contribution in [3.8, 4) is 0 Å². The summed E-state index contributed by atoms with van der Waals surface area (Å²) in [5, 5.41) is 4.21. The monoisotopic (exact) mass is 229 g/mol. The Labute approximate surface area is 100 Å². The van der Waals surface area contributed by atoms with Gasteiger partial charge in [-0.25, -0.2) is 14.6 Å². The highest BCUT2D eigenvalue weighted by Gasteiger charge is 2.21. The zero-order chi connectivity index (χ0) is 11.5. The predicted molar refractivity (Wildman–Crippen MR) is 64.7 cm³/mol. The summed E-state index contributed by atoms with van der Waals surface area (Å²) < 4.78 is 1.97. The first-order valence-corrected chi connectivity index (χ1v) is 5.93. The summed E-state index contributed by atoms with van der Waals surface area (Å²) in [5.74, 6) is 1.07. The van der Waals surface area contributed by atoms with Crippen LogP contribution in [0.5, 0.6) is 0 Å². The highest BCUT2D eigenvalue weighted by atomic mass is 15.3. The van der Waals surface area contributed by atoms with Crippen molar-refractivity contribution < 1.29 is 0 Å². The first kappa shape index (κ1) is 10.3. The molecule has 5 heteroatoms. The fourth-order valence-electron chi connectivity index (χ4n) is 2.31. The Morgan fingerprint density at radius 2 is 2.06 bits per heavy atom. The number of anilines is 1. The van der Waals surface area contributed by atoms with Crippen LogP contribution in [-0.2, 0) is 0 Å². The highest BCUT2D eigenvalue weighted by molar-refractivity contribution is 5.37. The van der Waals surface area contributed by atoms with E-state index >= 15 is 0 Å². The van der Waals surface area contributed by atoms with Gasteiger partial charge in [-0.3, -0.25) is 0 Å². The molecule has 1 aliphatic rings. The molecular weight excluding hydrogens is 214 g/mol. The first-order chi connectivity index (χ1) is 8.43. The number of piperidine rings is 1. The molecule has 2 aromatic heterocycles. The molecule has 2 aromatic rings. The van der Waals surface area contributed by atoms with E-state index in [1.807, 2.05) is 23.0 Å². The van der Waals surface area contributed by atoms with Crippen LogP contribution in [0.4, 0.5) is 5.82 Å². The van der Waals surface area contributed by atoms with Crippen molar-refractivity contribution in [3.05, 3.63) is 37.1 Å². The van der Waals surface area contributed by atoms with E-state index in [9.17, 15) is 0 Å². The number of aromatic nitrogens is 4. The van der Waals surface area contributed by atoms with E-state index in [-0.39, 0.29) is 0 Å². The maximum absolute atomic E-state index is 4.38. The summed E-state index contributed by atoms with van der Waals surface area (Å²) in [5.41, 5.74) is 0. The molecule has 0 spiro atoms. The lowest BCUT2D eigenvalue weighted by Crippen LogP contribution is -2.35. The molecule has 17 heavy (non-hydrogen) atoms. The second-order valence-electron chi connectivity index (χ2n) is 4.28. The van der Waals surface area contributed by atoms with Crippen LogP contribution in [0.2, 0.25) is 0 Å². The van der Waals surface area contributed by atoms with E-state index < -0.39 is 0 Å². The van der Waals surface area contributed by atoms with Gasteiger partial charge in [0.1, 0.15) is 18.5 Å². The lowest BCUT2D eigenvalue weighted by atomic mass is 10.1. The largest absolute Gasteiger partial charge is 0.356 e. The molecule has 0 atom stereocenters. The molecule has 3 rings (SSSR count). The molecule has 0 unspecified atom stereocenters. The van der Waals surface area contributed by atoms with Crippen molar-refractivity contribution in [1.29, 1.82) is 0 Å². The smallest absolute Gasteiger partial charge is 0.137 e. The Bertz CT molecular complexity index is 445. The minimum absolute atomic E-state index is 0.484. The van der Waals surface area contributed by atoms with Crippen LogP contribution in [-0.4, -0.2) is 32.8 Å². The molecule has 0 saturated carbocycles. The average molecular weight is 229 g/mol. The molecule has 1 fully saturated rings. The van der Waals surface area contributed by atoms with E-state index in [2.05, 4.69) is 26.0 Å². The summed E-state index contributed by atoms with van der Waals surface area (Å²) in [6.07, 6.45) is 7.45. The topological polar surface area (TPSA) is 46.8 Å². The molecule has 3 heterocycles. The first-order valence-electron chi connectivity index (χ1n) is 5.93. The quantitative estimate of drug-likeness (QED) is 0.783. The van der Waals surface area contributed by atoms with Gasteiger partial charge in [-0.05, 0) is 25.0 Å². The summed E-state index contributed by atoms with van der Waals surface area (Å²) in [6, 6.07) is 6.53. The third-order valence-electron chi connectivity index (χ3n) is 3.25. The van der Waals surface area contributed by atoms with Crippen molar-refractivity contribution in [2.45, 2.75) is 18.9 Å². The third kappa shape index (κ3) is 2.13. The van der Waals surface area contributed by atoms with Gasteiger partial charge in [-0.1, -0.05) is 6.07 Å². The molecule has 0 radical (unpaired) electrons. The van der Waals surface area contributed by atoms with Gasteiger partial charge in [0.2, 0.25) is 0 Å². The number of nitrogens with zero attached hydrogens (tertiary/aromatic N) is 5. The van der Waals surface area contributed by atoms with E-state index in [1.165, 1.54) is 0 Å². The molecule has 0 bridgehead atoms. The summed E-state index contributed by atoms with van der Waals surface area (Å²) in [7, 11) is 0. The number of pyridine rings is 1. The zero-order valence-corrected chi connectivity index (χ0v) is 9.61. The average Bonchev–Trinajstić information content (AvgIpc) is 2.94. The van der Waals surface area contributed by atoms with Crippen molar-refractivity contribution in [3.63, 3.8) is 0 Å². The van der Waals surface area contributed by atoms with Crippen LogP contribution >= 0.6 is 0 Å². The van der Waals surface area contributed by atoms with E-state index in [1.54, 1.807) is 12.7 Å². The molecule has 1 aliphatic heterocycles. The van der Waals surface area contributed by atoms with Gasteiger partial charge in [-0.2, -0.15) is 5.10 Å². The lowest BCUT2D eigenvalue weighted by Gasteiger charge is -2.32. The minimum Gasteiger partial charge on any atom is -0.356 e. The normalized spacial score (nSPS) is 17.3. The summed E-state index contributed by atoms with van der Waals surface area (Å²) in [6.45, 7) is 2.06. The van der Waals surface area contributed by atoms with Crippen LogP contribution in [0.15, 0.2) is 37.1 Å². The van der Waals surface area contributed by atoms with Crippen LogP contribution in [0.3, 0.4) is 0 Å². The highest BCUT2D eigenvalue weighted by Crippen LogP contribution is 2.24. The van der Waals surface area contributed by atoms with Gasteiger partial charge in [0.05, 0.1) is 6.04 Å². The number of rotatable bonds is 2. The van der Waals surface area contributed by atoms with Crippen LogP contribution < -0.4 is 4.90 Å².